The van der Waals surface area contributed by atoms with Crippen molar-refractivity contribution in [3.8, 4) is 5.75 Å². The molecular formula is C14H15NO2. The number of hydrogen-bond donors (Lipinski definition) is 1. The van der Waals surface area contributed by atoms with E-state index in [0.29, 0.717) is 12.2 Å². The fourth-order valence-electron chi connectivity index (χ4n) is 1.75. The monoisotopic (exact) mass is 229 g/mol. The molecule has 17 heavy (non-hydrogen) atoms. The minimum atomic E-state index is -0.559. The molecule has 1 amide bonds. The highest BCUT2D eigenvalue weighted by Gasteiger charge is 2.14. The Balaban J connectivity index is 2.27. The van der Waals surface area contributed by atoms with Gasteiger partial charge in [-0.25, -0.2) is 0 Å². The molecule has 0 bridgehead atoms. The number of rotatable bonds is 4. The molecule has 0 aliphatic rings. The van der Waals surface area contributed by atoms with E-state index in [-0.39, 0.29) is 0 Å². The maximum Gasteiger partial charge on any atom is 0.258 e. The lowest BCUT2D eigenvalue weighted by Gasteiger charge is -2.14. The molecule has 0 fully saturated rings. The molecule has 0 aliphatic carbocycles. The van der Waals surface area contributed by atoms with Gasteiger partial charge in [-0.05, 0) is 29.3 Å². The number of carbonyl (C=O) groups excluding carboxylic acids is 1. The van der Waals surface area contributed by atoms with Crippen molar-refractivity contribution >= 4 is 16.7 Å². The van der Waals surface area contributed by atoms with Gasteiger partial charge >= 0.3 is 0 Å². The van der Waals surface area contributed by atoms with Gasteiger partial charge in [-0.1, -0.05) is 37.3 Å². The van der Waals surface area contributed by atoms with Crippen LogP contribution in [-0.2, 0) is 4.79 Å². The smallest absolute Gasteiger partial charge is 0.258 e. The minimum absolute atomic E-state index is 0.430. The van der Waals surface area contributed by atoms with Crippen molar-refractivity contribution in [1.29, 1.82) is 0 Å². The first-order chi connectivity index (χ1) is 8.20. The Morgan fingerprint density at radius 2 is 1.94 bits per heavy atom. The summed E-state index contributed by atoms with van der Waals surface area (Å²) in [7, 11) is 0. The molecule has 0 saturated carbocycles. The van der Waals surface area contributed by atoms with Crippen LogP contribution in [0.25, 0.3) is 10.8 Å². The van der Waals surface area contributed by atoms with Crippen LogP contribution in [0.15, 0.2) is 42.5 Å². The molecule has 0 saturated heterocycles. The Morgan fingerprint density at radius 3 is 2.59 bits per heavy atom. The molecule has 88 valence electrons. The molecule has 0 unspecified atom stereocenters. The van der Waals surface area contributed by atoms with E-state index in [1.807, 2.05) is 49.4 Å². The Morgan fingerprint density at radius 1 is 1.24 bits per heavy atom. The van der Waals surface area contributed by atoms with E-state index in [4.69, 9.17) is 10.5 Å². The summed E-state index contributed by atoms with van der Waals surface area (Å²) < 4.78 is 5.56. The van der Waals surface area contributed by atoms with Crippen molar-refractivity contribution in [3.05, 3.63) is 42.5 Å². The Kier molecular flexibility index (Phi) is 3.28. The van der Waals surface area contributed by atoms with Crippen molar-refractivity contribution in [2.75, 3.05) is 0 Å². The summed E-state index contributed by atoms with van der Waals surface area (Å²) in [5, 5.41) is 2.23. The van der Waals surface area contributed by atoms with Crippen LogP contribution in [0.3, 0.4) is 0 Å². The largest absolute Gasteiger partial charge is 0.481 e. The molecule has 0 radical (unpaired) electrons. The second kappa shape index (κ2) is 4.87. The number of amides is 1. The van der Waals surface area contributed by atoms with Gasteiger partial charge in [0.05, 0.1) is 0 Å². The predicted molar refractivity (Wildman–Crippen MR) is 67.8 cm³/mol. The van der Waals surface area contributed by atoms with E-state index in [1.54, 1.807) is 0 Å². The Labute approximate surface area is 100 Å². The summed E-state index contributed by atoms with van der Waals surface area (Å²) in [6.07, 6.45) is 0.0125. The van der Waals surface area contributed by atoms with Gasteiger partial charge in [-0.2, -0.15) is 0 Å². The van der Waals surface area contributed by atoms with Gasteiger partial charge < -0.3 is 10.5 Å². The van der Waals surface area contributed by atoms with Crippen LogP contribution in [0, 0.1) is 0 Å². The maximum absolute atomic E-state index is 11.1. The van der Waals surface area contributed by atoms with Crippen molar-refractivity contribution in [2.45, 2.75) is 19.4 Å². The van der Waals surface area contributed by atoms with E-state index in [9.17, 15) is 4.79 Å². The van der Waals surface area contributed by atoms with Gasteiger partial charge in [0.1, 0.15) is 5.75 Å². The molecule has 0 aliphatic heterocycles. The first kappa shape index (κ1) is 11.5. The van der Waals surface area contributed by atoms with Crippen molar-refractivity contribution in [2.24, 2.45) is 5.73 Å². The molecule has 0 aromatic heterocycles. The molecule has 2 aromatic rings. The summed E-state index contributed by atoms with van der Waals surface area (Å²) >= 11 is 0. The zero-order valence-corrected chi connectivity index (χ0v) is 9.72. The SMILES string of the molecule is CC[C@H](Oc1ccc2ccccc2c1)C(N)=O. The molecule has 3 nitrogen and oxygen atoms in total. The second-order valence-electron chi connectivity index (χ2n) is 3.93. The van der Waals surface area contributed by atoms with E-state index < -0.39 is 12.0 Å². The highest BCUT2D eigenvalue weighted by Crippen LogP contribution is 2.21. The number of fused-ring (bicyclic) bond motifs is 1. The van der Waals surface area contributed by atoms with Crippen LogP contribution in [0.2, 0.25) is 0 Å². The molecule has 1 atom stereocenters. The predicted octanol–water partition coefficient (Wildman–Crippen LogP) is 2.48. The number of nitrogens with two attached hydrogens (primary N) is 1. The van der Waals surface area contributed by atoms with E-state index in [0.717, 1.165) is 10.8 Å². The lowest BCUT2D eigenvalue weighted by Crippen LogP contribution is -2.32. The van der Waals surface area contributed by atoms with Gasteiger partial charge in [-0.15, -0.1) is 0 Å². The molecule has 2 N–H and O–H groups in total. The van der Waals surface area contributed by atoms with E-state index in [2.05, 4.69) is 0 Å². The standard InChI is InChI=1S/C14H15NO2/c1-2-13(14(15)16)17-12-8-7-10-5-3-4-6-11(10)9-12/h3-9,13H,2H2,1H3,(H2,15,16)/t13-/m0/s1. The molecule has 0 spiro atoms. The van der Waals surface area contributed by atoms with Gasteiger partial charge in [0.2, 0.25) is 0 Å². The minimum Gasteiger partial charge on any atom is -0.481 e. The third kappa shape index (κ3) is 2.56. The van der Waals surface area contributed by atoms with Gasteiger partial charge in [0, 0.05) is 0 Å². The third-order valence-electron chi connectivity index (χ3n) is 2.69. The molecular weight excluding hydrogens is 214 g/mol. The van der Waals surface area contributed by atoms with Gasteiger partial charge in [0.15, 0.2) is 6.10 Å². The lowest BCUT2D eigenvalue weighted by molar-refractivity contribution is -0.124. The zero-order chi connectivity index (χ0) is 12.3. The number of carbonyl (C=O) groups is 1. The fraction of sp³-hybridized carbons (Fsp3) is 0.214. The van der Waals surface area contributed by atoms with Crippen LogP contribution in [0.4, 0.5) is 0 Å². The molecule has 2 rings (SSSR count). The fourth-order valence-corrected chi connectivity index (χ4v) is 1.75. The Bertz CT molecular complexity index is 536. The van der Waals surface area contributed by atoms with Crippen molar-refractivity contribution in [3.63, 3.8) is 0 Å². The van der Waals surface area contributed by atoms with Crippen molar-refractivity contribution in [1.82, 2.24) is 0 Å². The lowest BCUT2D eigenvalue weighted by atomic mass is 10.1. The molecule has 0 heterocycles. The number of hydrogen-bond acceptors (Lipinski definition) is 2. The van der Waals surface area contributed by atoms with Crippen LogP contribution >= 0.6 is 0 Å². The number of benzene rings is 2. The summed E-state index contributed by atoms with van der Waals surface area (Å²) in [5.41, 5.74) is 5.24. The van der Waals surface area contributed by atoms with Crippen LogP contribution in [0.5, 0.6) is 5.75 Å². The summed E-state index contributed by atoms with van der Waals surface area (Å²) in [5.74, 6) is 0.245. The van der Waals surface area contributed by atoms with Crippen LogP contribution in [-0.4, -0.2) is 12.0 Å². The first-order valence-corrected chi connectivity index (χ1v) is 5.65. The van der Waals surface area contributed by atoms with Crippen LogP contribution < -0.4 is 10.5 Å². The highest BCUT2D eigenvalue weighted by molar-refractivity contribution is 5.84. The number of ether oxygens (including phenoxy) is 1. The summed E-state index contributed by atoms with van der Waals surface area (Å²) in [4.78, 5) is 11.1. The normalized spacial score (nSPS) is 12.3. The summed E-state index contributed by atoms with van der Waals surface area (Å²) in [6.45, 7) is 1.87. The van der Waals surface area contributed by atoms with E-state index in [1.165, 1.54) is 0 Å². The van der Waals surface area contributed by atoms with E-state index >= 15 is 0 Å². The second-order valence-corrected chi connectivity index (χ2v) is 3.93. The average Bonchev–Trinajstić information content (AvgIpc) is 2.35. The summed E-state index contributed by atoms with van der Waals surface area (Å²) in [6, 6.07) is 13.7. The first-order valence-electron chi connectivity index (χ1n) is 5.65. The quantitative estimate of drug-likeness (QED) is 0.875. The number of primary amides is 1. The average molecular weight is 229 g/mol. The highest BCUT2D eigenvalue weighted by atomic mass is 16.5. The maximum atomic E-state index is 11.1. The zero-order valence-electron chi connectivity index (χ0n) is 9.72. The van der Waals surface area contributed by atoms with Crippen LogP contribution in [0.1, 0.15) is 13.3 Å². The topological polar surface area (TPSA) is 52.3 Å². The Hall–Kier alpha value is -2.03. The van der Waals surface area contributed by atoms with Gasteiger partial charge in [0.25, 0.3) is 5.91 Å². The molecule has 3 heteroatoms. The third-order valence-corrected chi connectivity index (χ3v) is 2.69. The van der Waals surface area contributed by atoms with Gasteiger partial charge in [-0.3, -0.25) is 4.79 Å². The van der Waals surface area contributed by atoms with Crippen molar-refractivity contribution < 1.29 is 9.53 Å². The molecule has 2 aromatic carbocycles.